The molecule has 9 heavy (non-hydrogen) atoms. The average molecular weight is 144 g/mol. The normalized spacial score (nSPS) is 13.1. The van der Waals surface area contributed by atoms with E-state index in [1.165, 1.54) is 6.07 Å². The van der Waals surface area contributed by atoms with E-state index in [0.29, 0.717) is 5.56 Å². The summed E-state index contributed by atoms with van der Waals surface area (Å²) in [5.41, 5.74) is -0.943. The second-order valence-electron chi connectivity index (χ2n) is 1.64. The molecule has 0 saturated carbocycles. The van der Waals surface area contributed by atoms with Crippen molar-refractivity contribution in [1.82, 2.24) is 0 Å². The van der Waals surface area contributed by atoms with Crippen LogP contribution >= 0.6 is 11.6 Å². The van der Waals surface area contributed by atoms with E-state index in [4.69, 9.17) is 11.6 Å². The molecule has 1 unspecified atom stereocenters. The van der Waals surface area contributed by atoms with E-state index < -0.39 is 5.63 Å². The molecule has 0 heterocycles. The standard InChI is InChI=1S/C7H5ClF/c8-7(9)6-4-2-1-3-5-6/h1-2,4-5,7H. The fourth-order valence-electron chi connectivity index (χ4n) is 0.543. The lowest BCUT2D eigenvalue weighted by Gasteiger charge is -1.95. The van der Waals surface area contributed by atoms with Gasteiger partial charge < -0.3 is 0 Å². The molecule has 1 aromatic rings. The molecule has 2 heteroatoms. The first-order valence-corrected chi connectivity index (χ1v) is 2.98. The van der Waals surface area contributed by atoms with E-state index in [9.17, 15) is 4.39 Å². The third-order valence-corrected chi connectivity index (χ3v) is 1.24. The molecule has 0 saturated heterocycles. The molecule has 0 aliphatic carbocycles. The fourth-order valence-corrected chi connectivity index (χ4v) is 0.679. The Kier molecular flexibility index (Phi) is 2.06. The molecule has 0 amide bonds. The molecule has 1 radical (unpaired) electrons. The first-order valence-electron chi connectivity index (χ1n) is 2.55. The third kappa shape index (κ3) is 1.68. The highest BCUT2D eigenvalue weighted by molar-refractivity contribution is 6.19. The molecule has 0 aliphatic rings. The summed E-state index contributed by atoms with van der Waals surface area (Å²) in [6.07, 6.45) is 0. The number of rotatable bonds is 1. The predicted molar refractivity (Wildman–Crippen MR) is 35.0 cm³/mol. The molecule has 0 aliphatic heterocycles. The molecule has 47 valence electrons. The second kappa shape index (κ2) is 2.83. The van der Waals surface area contributed by atoms with Crippen LogP contribution in [0, 0.1) is 6.07 Å². The van der Waals surface area contributed by atoms with Crippen LogP contribution in [0.1, 0.15) is 11.2 Å². The van der Waals surface area contributed by atoms with E-state index >= 15 is 0 Å². The molecule has 0 spiro atoms. The van der Waals surface area contributed by atoms with E-state index in [2.05, 4.69) is 6.07 Å². The number of halogens is 2. The number of alkyl halides is 2. The number of hydrogen-bond donors (Lipinski definition) is 0. The lowest BCUT2D eigenvalue weighted by atomic mass is 10.2. The average Bonchev–Trinajstić information content (AvgIpc) is 1.90. The Morgan fingerprint density at radius 3 is 2.78 bits per heavy atom. The molecule has 1 aromatic carbocycles. The molecular formula is C7H5ClF. The zero-order valence-corrected chi connectivity index (χ0v) is 5.40. The molecule has 1 rings (SSSR count). The maximum absolute atomic E-state index is 12.2. The van der Waals surface area contributed by atoms with Crippen molar-refractivity contribution in [2.45, 2.75) is 5.63 Å². The van der Waals surface area contributed by atoms with Gasteiger partial charge in [-0.15, -0.1) is 0 Å². The lowest BCUT2D eigenvalue weighted by Crippen LogP contribution is -1.78. The summed E-state index contributed by atoms with van der Waals surface area (Å²) in [4.78, 5) is 0. The van der Waals surface area contributed by atoms with Crippen molar-refractivity contribution in [3.63, 3.8) is 0 Å². The summed E-state index contributed by atoms with van der Waals surface area (Å²) >= 11 is 5.12. The lowest BCUT2D eigenvalue weighted by molar-refractivity contribution is 0.460. The van der Waals surface area contributed by atoms with Gasteiger partial charge in [-0.1, -0.05) is 29.8 Å². The first kappa shape index (κ1) is 6.56. The molecular weight excluding hydrogens is 139 g/mol. The van der Waals surface area contributed by atoms with Gasteiger partial charge in [0.05, 0.1) is 0 Å². The van der Waals surface area contributed by atoms with Gasteiger partial charge in [-0.3, -0.25) is 0 Å². The summed E-state index contributed by atoms with van der Waals surface area (Å²) in [6.45, 7) is 0. The molecule has 1 atom stereocenters. The highest BCUT2D eigenvalue weighted by atomic mass is 35.5. The zero-order chi connectivity index (χ0) is 6.69. The van der Waals surface area contributed by atoms with Gasteiger partial charge in [-0.25, -0.2) is 4.39 Å². The van der Waals surface area contributed by atoms with Gasteiger partial charge in [0.2, 0.25) is 0 Å². The minimum absolute atomic E-state index is 0.458. The first-order chi connectivity index (χ1) is 4.30. The van der Waals surface area contributed by atoms with E-state index in [1.807, 2.05) is 0 Å². The molecule has 0 aromatic heterocycles. The SMILES string of the molecule is FC(Cl)c1c[c]ccc1. The Labute approximate surface area is 58.3 Å². The van der Waals surface area contributed by atoms with Crippen LogP contribution < -0.4 is 0 Å². The maximum Gasteiger partial charge on any atom is 0.198 e. The molecule has 0 fully saturated rings. The minimum Gasteiger partial charge on any atom is -0.225 e. The van der Waals surface area contributed by atoms with Crippen LogP contribution in [0.4, 0.5) is 4.39 Å². The van der Waals surface area contributed by atoms with Crippen molar-refractivity contribution in [2.24, 2.45) is 0 Å². The van der Waals surface area contributed by atoms with Gasteiger partial charge in [0.15, 0.2) is 5.63 Å². The van der Waals surface area contributed by atoms with Crippen LogP contribution in [0.25, 0.3) is 0 Å². The largest absolute Gasteiger partial charge is 0.225 e. The maximum atomic E-state index is 12.2. The van der Waals surface area contributed by atoms with Gasteiger partial charge in [0.25, 0.3) is 0 Å². The van der Waals surface area contributed by atoms with Gasteiger partial charge in [0, 0.05) is 5.56 Å². The van der Waals surface area contributed by atoms with Gasteiger partial charge in [-0.05, 0) is 12.1 Å². The number of benzene rings is 1. The van der Waals surface area contributed by atoms with Crippen LogP contribution in [0.5, 0.6) is 0 Å². The van der Waals surface area contributed by atoms with Crippen molar-refractivity contribution < 1.29 is 4.39 Å². The third-order valence-electron chi connectivity index (χ3n) is 0.983. The van der Waals surface area contributed by atoms with E-state index in [-0.39, 0.29) is 0 Å². The highest BCUT2D eigenvalue weighted by Crippen LogP contribution is 2.19. The Morgan fingerprint density at radius 1 is 1.67 bits per heavy atom. The Balaban J connectivity index is 2.85. The molecule has 0 bridgehead atoms. The van der Waals surface area contributed by atoms with Gasteiger partial charge in [-0.2, -0.15) is 0 Å². The van der Waals surface area contributed by atoms with Crippen molar-refractivity contribution in [3.05, 3.63) is 35.9 Å². The topological polar surface area (TPSA) is 0 Å². The summed E-state index contributed by atoms with van der Waals surface area (Å²) < 4.78 is 12.2. The van der Waals surface area contributed by atoms with Crippen LogP contribution in [-0.2, 0) is 0 Å². The van der Waals surface area contributed by atoms with Crippen molar-refractivity contribution in [1.29, 1.82) is 0 Å². The zero-order valence-electron chi connectivity index (χ0n) is 4.64. The van der Waals surface area contributed by atoms with Crippen LogP contribution in [-0.4, -0.2) is 0 Å². The quantitative estimate of drug-likeness (QED) is 0.531. The number of hydrogen-bond acceptors (Lipinski definition) is 0. The van der Waals surface area contributed by atoms with Crippen LogP contribution in [0.3, 0.4) is 0 Å². The summed E-state index contributed by atoms with van der Waals surface area (Å²) in [5, 5.41) is 0. The smallest absolute Gasteiger partial charge is 0.198 e. The van der Waals surface area contributed by atoms with Crippen molar-refractivity contribution in [3.8, 4) is 0 Å². The highest BCUT2D eigenvalue weighted by Gasteiger charge is 2.00. The molecule has 0 N–H and O–H groups in total. The minimum atomic E-state index is -1.40. The Hall–Kier alpha value is -0.560. The predicted octanol–water partition coefficient (Wildman–Crippen LogP) is 2.69. The Bertz CT molecular complexity index is 172. The second-order valence-corrected chi connectivity index (χ2v) is 2.02. The van der Waals surface area contributed by atoms with E-state index in [1.54, 1.807) is 18.2 Å². The fraction of sp³-hybridized carbons (Fsp3) is 0.143. The Morgan fingerprint density at radius 2 is 2.44 bits per heavy atom. The molecule has 0 nitrogen and oxygen atoms in total. The van der Waals surface area contributed by atoms with Gasteiger partial charge in [0.1, 0.15) is 0 Å². The summed E-state index contributed by atoms with van der Waals surface area (Å²) in [5.74, 6) is 0. The monoisotopic (exact) mass is 143 g/mol. The van der Waals surface area contributed by atoms with Gasteiger partial charge >= 0.3 is 0 Å². The van der Waals surface area contributed by atoms with Crippen molar-refractivity contribution >= 4 is 11.6 Å². The van der Waals surface area contributed by atoms with E-state index in [0.717, 1.165) is 0 Å². The van der Waals surface area contributed by atoms with Crippen LogP contribution in [0.2, 0.25) is 0 Å². The van der Waals surface area contributed by atoms with Crippen LogP contribution in [0.15, 0.2) is 24.3 Å². The van der Waals surface area contributed by atoms with Crippen molar-refractivity contribution in [2.75, 3.05) is 0 Å². The summed E-state index contributed by atoms with van der Waals surface area (Å²) in [7, 11) is 0. The summed E-state index contributed by atoms with van der Waals surface area (Å²) in [6, 6.07) is 9.26.